The van der Waals surface area contributed by atoms with Crippen LogP contribution in [-0.2, 0) is 6.54 Å². The van der Waals surface area contributed by atoms with Crippen LogP contribution >= 0.6 is 11.8 Å². The van der Waals surface area contributed by atoms with Crippen LogP contribution in [0.4, 0.5) is 5.95 Å². The first-order valence-corrected chi connectivity index (χ1v) is 8.31. The fraction of sp³-hybridized carbons (Fsp3) is 0.786. The largest absolute Gasteiger partial charge is 0.353 e. The standard InChI is InChI=1S/C14H25N3S/c1-11-9-17(10-12(2)18-3)14(15-11)16-13-7-5-4-6-8-13/h9,12-13H,4-8,10H2,1-3H3,(H,15,16). The number of hydrogen-bond donors (Lipinski definition) is 1. The van der Waals surface area contributed by atoms with E-state index in [0.29, 0.717) is 11.3 Å². The summed E-state index contributed by atoms with van der Waals surface area (Å²) in [5.41, 5.74) is 1.11. The van der Waals surface area contributed by atoms with Crippen molar-refractivity contribution >= 4 is 17.7 Å². The summed E-state index contributed by atoms with van der Waals surface area (Å²) in [5, 5.41) is 4.27. The topological polar surface area (TPSA) is 29.9 Å². The van der Waals surface area contributed by atoms with E-state index in [1.54, 1.807) is 0 Å². The fourth-order valence-corrected chi connectivity index (χ4v) is 2.89. The van der Waals surface area contributed by atoms with Crippen LogP contribution in [0.25, 0.3) is 0 Å². The molecular formula is C14H25N3S. The summed E-state index contributed by atoms with van der Waals surface area (Å²) in [6, 6.07) is 0.629. The minimum absolute atomic E-state index is 0.629. The molecule has 3 nitrogen and oxygen atoms in total. The lowest BCUT2D eigenvalue weighted by Crippen LogP contribution is -2.25. The highest BCUT2D eigenvalue weighted by Crippen LogP contribution is 2.22. The quantitative estimate of drug-likeness (QED) is 0.882. The molecule has 102 valence electrons. The second kappa shape index (κ2) is 6.50. The summed E-state index contributed by atoms with van der Waals surface area (Å²) in [5.74, 6) is 1.07. The molecule has 18 heavy (non-hydrogen) atoms. The van der Waals surface area contributed by atoms with Crippen LogP contribution in [0.2, 0.25) is 0 Å². The molecule has 0 aromatic carbocycles. The molecule has 1 aliphatic rings. The number of imidazole rings is 1. The Morgan fingerprint density at radius 2 is 2.17 bits per heavy atom. The number of nitrogens with one attached hydrogen (secondary N) is 1. The minimum atomic E-state index is 0.629. The zero-order chi connectivity index (χ0) is 13.0. The number of aryl methyl sites for hydroxylation is 1. The fourth-order valence-electron chi connectivity index (χ4n) is 2.58. The summed E-state index contributed by atoms with van der Waals surface area (Å²) >= 11 is 1.91. The lowest BCUT2D eigenvalue weighted by molar-refractivity contribution is 0.459. The zero-order valence-electron chi connectivity index (χ0n) is 11.8. The first kappa shape index (κ1) is 13.8. The van der Waals surface area contributed by atoms with Gasteiger partial charge in [-0.2, -0.15) is 11.8 Å². The van der Waals surface area contributed by atoms with Gasteiger partial charge in [-0.25, -0.2) is 4.98 Å². The zero-order valence-corrected chi connectivity index (χ0v) is 12.6. The molecule has 1 aliphatic carbocycles. The lowest BCUT2D eigenvalue weighted by atomic mass is 9.96. The second-order valence-corrected chi connectivity index (χ2v) is 6.66. The summed E-state index contributed by atoms with van der Waals surface area (Å²) in [6.45, 7) is 5.38. The maximum atomic E-state index is 4.63. The van der Waals surface area contributed by atoms with Gasteiger partial charge in [0.05, 0.1) is 5.69 Å². The van der Waals surface area contributed by atoms with E-state index in [1.807, 2.05) is 11.8 Å². The van der Waals surface area contributed by atoms with Gasteiger partial charge in [-0.05, 0) is 26.0 Å². The van der Waals surface area contributed by atoms with Gasteiger partial charge in [-0.1, -0.05) is 26.2 Å². The van der Waals surface area contributed by atoms with Crippen molar-refractivity contribution in [2.45, 2.75) is 63.8 Å². The van der Waals surface area contributed by atoms with Crippen molar-refractivity contribution in [3.8, 4) is 0 Å². The van der Waals surface area contributed by atoms with Crippen molar-refractivity contribution in [3.63, 3.8) is 0 Å². The van der Waals surface area contributed by atoms with E-state index in [2.05, 4.69) is 41.2 Å². The van der Waals surface area contributed by atoms with Crippen LogP contribution in [-0.4, -0.2) is 27.1 Å². The van der Waals surface area contributed by atoms with Gasteiger partial charge in [0.25, 0.3) is 0 Å². The van der Waals surface area contributed by atoms with E-state index in [1.165, 1.54) is 32.1 Å². The van der Waals surface area contributed by atoms with Gasteiger partial charge >= 0.3 is 0 Å². The monoisotopic (exact) mass is 267 g/mol. The third kappa shape index (κ3) is 3.67. The number of nitrogens with zero attached hydrogens (tertiary/aromatic N) is 2. The van der Waals surface area contributed by atoms with Crippen LogP contribution in [0, 0.1) is 6.92 Å². The molecule has 1 unspecified atom stereocenters. The van der Waals surface area contributed by atoms with Crippen LogP contribution in [0.15, 0.2) is 6.20 Å². The van der Waals surface area contributed by atoms with E-state index in [9.17, 15) is 0 Å². The molecule has 0 saturated heterocycles. The molecule has 4 heteroatoms. The molecule has 1 heterocycles. The predicted octanol–water partition coefficient (Wildman–Crippen LogP) is 3.69. The highest BCUT2D eigenvalue weighted by atomic mass is 32.2. The van der Waals surface area contributed by atoms with Crippen LogP contribution in [0.5, 0.6) is 0 Å². The Labute approximate surface area is 115 Å². The Balaban J connectivity index is 2.01. The third-order valence-corrected chi connectivity index (χ3v) is 4.65. The maximum Gasteiger partial charge on any atom is 0.203 e. The molecule has 1 fully saturated rings. The van der Waals surface area contributed by atoms with Gasteiger partial charge in [0.2, 0.25) is 5.95 Å². The first-order valence-electron chi connectivity index (χ1n) is 7.02. The SMILES string of the molecule is CSC(C)Cn1cc(C)nc1NC1CCCCC1. The predicted molar refractivity (Wildman–Crippen MR) is 80.4 cm³/mol. The van der Waals surface area contributed by atoms with Crippen molar-refractivity contribution in [3.05, 3.63) is 11.9 Å². The molecule has 1 aromatic heterocycles. The average molecular weight is 267 g/mol. The van der Waals surface area contributed by atoms with Crippen LogP contribution in [0.1, 0.15) is 44.7 Å². The first-order chi connectivity index (χ1) is 8.69. The smallest absolute Gasteiger partial charge is 0.203 e. The van der Waals surface area contributed by atoms with Gasteiger partial charge < -0.3 is 9.88 Å². The summed E-state index contributed by atoms with van der Waals surface area (Å²) < 4.78 is 2.28. The molecule has 0 aliphatic heterocycles. The number of anilines is 1. The number of rotatable bonds is 5. The molecular weight excluding hydrogens is 242 g/mol. The Kier molecular flexibility index (Phi) is 4.98. The summed E-state index contributed by atoms with van der Waals surface area (Å²) in [7, 11) is 0. The molecule has 0 radical (unpaired) electrons. The Hall–Kier alpha value is -0.640. The number of hydrogen-bond acceptors (Lipinski definition) is 3. The van der Waals surface area contributed by atoms with Crippen LogP contribution in [0.3, 0.4) is 0 Å². The van der Waals surface area contributed by atoms with Crippen molar-refractivity contribution in [1.82, 2.24) is 9.55 Å². The highest BCUT2D eigenvalue weighted by Gasteiger charge is 2.16. The molecule has 0 spiro atoms. The van der Waals surface area contributed by atoms with Crippen molar-refractivity contribution in [2.24, 2.45) is 0 Å². The highest BCUT2D eigenvalue weighted by molar-refractivity contribution is 7.99. The van der Waals surface area contributed by atoms with Gasteiger partial charge in [0.15, 0.2) is 0 Å². The number of thioether (sulfide) groups is 1. The molecule has 2 rings (SSSR count). The van der Waals surface area contributed by atoms with Gasteiger partial charge in [0.1, 0.15) is 0 Å². The van der Waals surface area contributed by atoms with Gasteiger partial charge in [0, 0.05) is 24.0 Å². The lowest BCUT2D eigenvalue weighted by Gasteiger charge is -2.24. The Bertz CT molecular complexity index is 369. The third-order valence-electron chi connectivity index (χ3n) is 3.69. The second-order valence-electron chi connectivity index (χ2n) is 5.38. The van der Waals surface area contributed by atoms with Crippen molar-refractivity contribution in [2.75, 3.05) is 11.6 Å². The molecule has 0 amide bonds. The molecule has 1 saturated carbocycles. The maximum absolute atomic E-state index is 4.63. The van der Waals surface area contributed by atoms with Gasteiger partial charge in [-0.15, -0.1) is 0 Å². The molecule has 1 aromatic rings. The summed E-state index contributed by atoms with van der Waals surface area (Å²) in [4.78, 5) is 4.63. The average Bonchev–Trinajstić information content (AvgIpc) is 2.70. The molecule has 1 N–H and O–H groups in total. The van der Waals surface area contributed by atoms with E-state index in [-0.39, 0.29) is 0 Å². The normalized spacial score (nSPS) is 18.8. The Morgan fingerprint density at radius 1 is 1.44 bits per heavy atom. The van der Waals surface area contributed by atoms with E-state index >= 15 is 0 Å². The van der Waals surface area contributed by atoms with Gasteiger partial charge in [-0.3, -0.25) is 0 Å². The van der Waals surface area contributed by atoms with Crippen molar-refractivity contribution in [1.29, 1.82) is 0 Å². The van der Waals surface area contributed by atoms with E-state index < -0.39 is 0 Å². The van der Waals surface area contributed by atoms with E-state index in [4.69, 9.17) is 0 Å². The number of aromatic nitrogens is 2. The minimum Gasteiger partial charge on any atom is -0.353 e. The Morgan fingerprint density at radius 3 is 2.83 bits per heavy atom. The van der Waals surface area contributed by atoms with E-state index in [0.717, 1.165) is 18.2 Å². The summed E-state index contributed by atoms with van der Waals surface area (Å²) in [6.07, 6.45) is 11.0. The van der Waals surface area contributed by atoms with Crippen LogP contribution < -0.4 is 5.32 Å². The molecule has 0 bridgehead atoms. The molecule has 1 atom stereocenters. The van der Waals surface area contributed by atoms with Crippen molar-refractivity contribution < 1.29 is 0 Å².